The van der Waals surface area contributed by atoms with E-state index in [0.29, 0.717) is 6.61 Å². The smallest absolute Gasteiger partial charge is 0.150 e. The first kappa shape index (κ1) is 18.8. The molecule has 0 amide bonds. The summed E-state index contributed by atoms with van der Waals surface area (Å²) in [6.07, 6.45) is 1.78. The van der Waals surface area contributed by atoms with Crippen LogP contribution in [-0.2, 0) is 14.2 Å². The standard InChI is InChI=1S/C16H30O4S/c1-15(2,3)14(21-16(4,5)6)20-10-12-13(18-7)11(17)8-9-19-12/h8-9,11-14,17H,10H2,1-7H3/t11-,12-,13+,14+/m1/s1. The van der Waals surface area contributed by atoms with Gasteiger partial charge < -0.3 is 19.3 Å². The van der Waals surface area contributed by atoms with Gasteiger partial charge in [-0.3, -0.25) is 0 Å². The van der Waals surface area contributed by atoms with Crippen molar-refractivity contribution in [2.45, 2.75) is 70.0 Å². The summed E-state index contributed by atoms with van der Waals surface area (Å²) >= 11 is 1.81. The van der Waals surface area contributed by atoms with Crippen LogP contribution in [0.2, 0.25) is 0 Å². The molecule has 21 heavy (non-hydrogen) atoms. The first-order chi connectivity index (χ1) is 9.54. The molecule has 1 aliphatic heterocycles. The number of rotatable bonds is 5. The molecule has 4 atom stereocenters. The van der Waals surface area contributed by atoms with Crippen LogP contribution in [0.5, 0.6) is 0 Å². The van der Waals surface area contributed by atoms with Gasteiger partial charge in [0.05, 0.1) is 12.9 Å². The van der Waals surface area contributed by atoms with Crippen molar-refractivity contribution in [3.8, 4) is 0 Å². The Hall–Kier alpha value is -0.230. The second-order valence-electron chi connectivity index (χ2n) is 7.46. The first-order valence-electron chi connectivity index (χ1n) is 7.37. The molecule has 0 aromatic rings. The molecule has 0 radical (unpaired) electrons. The predicted molar refractivity (Wildman–Crippen MR) is 87.4 cm³/mol. The van der Waals surface area contributed by atoms with Crippen molar-refractivity contribution in [2.24, 2.45) is 5.41 Å². The topological polar surface area (TPSA) is 47.9 Å². The van der Waals surface area contributed by atoms with E-state index in [1.165, 1.54) is 6.26 Å². The largest absolute Gasteiger partial charge is 0.493 e. The fourth-order valence-electron chi connectivity index (χ4n) is 2.02. The molecule has 0 spiro atoms. The lowest BCUT2D eigenvalue weighted by molar-refractivity contribution is -0.118. The van der Waals surface area contributed by atoms with E-state index >= 15 is 0 Å². The Bertz CT molecular complexity index is 343. The van der Waals surface area contributed by atoms with Crippen molar-refractivity contribution in [1.29, 1.82) is 0 Å². The molecule has 0 aromatic carbocycles. The third-order valence-electron chi connectivity index (χ3n) is 3.08. The van der Waals surface area contributed by atoms with Crippen molar-refractivity contribution >= 4 is 11.8 Å². The molecular formula is C16H30O4S. The van der Waals surface area contributed by atoms with Gasteiger partial charge in [0.15, 0.2) is 0 Å². The minimum atomic E-state index is -0.652. The molecule has 0 saturated carbocycles. The van der Waals surface area contributed by atoms with Crippen molar-refractivity contribution in [1.82, 2.24) is 0 Å². The third-order valence-corrected chi connectivity index (χ3v) is 4.85. The normalized spacial score (nSPS) is 28.3. The number of methoxy groups -OCH3 is 1. The molecule has 4 nitrogen and oxygen atoms in total. The maximum absolute atomic E-state index is 9.90. The Morgan fingerprint density at radius 1 is 1.24 bits per heavy atom. The number of hydrogen-bond acceptors (Lipinski definition) is 5. The average Bonchev–Trinajstić information content (AvgIpc) is 2.31. The Balaban J connectivity index is 2.66. The molecule has 0 saturated heterocycles. The fraction of sp³-hybridized carbons (Fsp3) is 0.875. The SMILES string of the molecule is CO[C@H]1[C@H](O)C=CO[C@@H]1CO[C@@H](SC(C)(C)C)C(C)(C)C. The number of hydrogen-bond donors (Lipinski definition) is 1. The second-order valence-corrected chi connectivity index (χ2v) is 9.34. The lowest BCUT2D eigenvalue weighted by atomic mass is 9.98. The van der Waals surface area contributed by atoms with Gasteiger partial charge in [0, 0.05) is 11.9 Å². The van der Waals surface area contributed by atoms with Crippen LogP contribution in [0, 0.1) is 5.41 Å². The number of aliphatic hydroxyl groups is 1. The van der Waals surface area contributed by atoms with Gasteiger partial charge in [-0.05, 0) is 11.5 Å². The third kappa shape index (κ3) is 6.19. The Morgan fingerprint density at radius 2 is 1.86 bits per heavy atom. The van der Waals surface area contributed by atoms with E-state index in [1.54, 1.807) is 13.2 Å². The minimum Gasteiger partial charge on any atom is -0.493 e. The van der Waals surface area contributed by atoms with Crippen LogP contribution >= 0.6 is 11.8 Å². The molecule has 1 N–H and O–H groups in total. The number of aliphatic hydroxyl groups excluding tert-OH is 1. The van der Waals surface area contributed by atoms with Gasteiger partial charge in [0.2, 0.25) is 0 Å². The zero-order valence-corrected chi connectivity index (χ0v) is 15.1. The highest BCUT2D eigenvalue weighted by Crippen LogP contribution is 2.39. The molecule has 5 heteroatoms. The zero-order valence-electron chi connectivity index (χ0n) is 14.3. The molecule has 0 fully saturated rings. The van der Waals surface area contributed by atoms with E-state index in [1.807, 2.05) is 11.8 Å². The summed E-state index contributed by atoms with van der Waals surface area (Å²) in [6.45, 7) is 13.4. The van der Waals surface area contributed by atoms with Crippen molar-refractivity contribution in [3.05, 3.63) is 12.3 Å². The van der Waals surface area contributed by atoms with Crippen LogP contribution in [0.4, 0.5) is 0 Å². The van der Waals surface area contributed by atoms with E-state index in [0.717, 1.165) is 0 Å². The van der Waals surface area contributed by atoms with Crippen LogP contribution in [0.1, 0.15) is 41.5 Å². The van der Waals surface area contributed by atoms with E-state index in [-0.39, 0.29) is 21.7 Å². The van der Waals surface area contributed by atoms with Gasteiger partial charge in [-0.1, -0.05) is 41.5 Å². The molecule has 0 aromatic heterocycles. The van der Waals surface area contributed by atoms with Gasteiger partial charge >= 0.3 is 0 Å². The highest BCUT2D eigenvalue weighted by Gasteiger charge is 2.35. The maximum Gasteiger partial charge on any atom is 0.150 e. The highest BCUT2D eigenvalue weighted by molar-refractivity contribution is 8.01. The minimum absolute atomic E-state index is 0.0175. The van der Waals surface area contributed by atoms with Crippen LogP contribution < -0.4 is 0 Å². The first-order valence-corrected chi connectivity index (χ1v) is 8.25. The summed E-state index contributed by atoms with van der Waals surface area (Å²) in [4.78, 5) is 0. The molecule has 1 heterocycles. The van der Waals surface area contributed by atoms with Gasteiger partial charge in [0.1, 0.15) is 23.7 Å². The van der Waals surface area contributed by atoms with Gasteiger partial charge in [-0.15, -0.1) is 11.8 Å². The summed E-state index contributed by atoms with van der Waals surface area (Å²) in [5.41, 5.74) is 0.0607. The molecule has 0 bridgehead atoms. The van der Waals surface area contributed by atoms with Crippen molar-refractivity contribution < 1.29 is 19.3 Å². The zero-order chi connectivity index (χ0) is 16.3. The Labute approximate surface area is 133 Å². The van der Waals surface area contributed by atoms with Gasteiger partial charge in [-0.2, -0.15) is 0 Å². The summed E-state index contributed by atoms with van der Waals surface area (Å²) in [5.74, 6) is 0. The van der Waals surface area contributed by atoms with E-state index in [2.05, 4.69) is 41.5 Å². The van der Waals surface area contributed by atoms with Crippen LogP contribution in [0.15, 0.2) is 12.3 Å². The van der Waals surface area contributed by atoms with E-state index < -0.39 is 12.2 Å². The summed E-state index contributed by atoms with van der Waals surface area (Å²) in [7, 11) is 1.58. The number of thioether (sulfide) groups is 1. The fourth-order valence-corrected chi connectivity index (χ4v) is 3.17. The molecule has 1 rings (SSSR count). The molecule has 1 aliphatic rings. The Morgan fingerprint density at radius 3 is 2.33 bits per heavy atom. The highest BCUT2D eigenvalue weighted by atomic mass is 32.2. The molecule has 0 aliphatic carbocycles. The van der Waals surface area contributed by atoms with Crippen molar-refractivity contribution in [2.75, 3.05) is 13.7 Å². The summed E-state index contributed by atoms with van der Waals surface area (Å²) in [6, 6.07) is 0. The monoisotopic (exact) mass is 318 g/mol. The molecule has 0 unspecified atom stereocenters. The van der Waals surface area contributed by atoms with Gasteiger partial charge in [0.25, 0.3) is 0 Å². The Kier molecular flexibility index (Phi) is 6.59. The average molecular weight is 318 g/mol. The van der Waals surface area contributed by atoms with Crippen LogP contribution in [0.3, 0.4) is 0 Å². The van der Waals surface area contributed by atoms with Gasteiger partial charge in [-0.25, -0.2) is 0 Å². The molecule has 124 valence electrons. The second kappa shape index (κ2) is 7.36. The van der Waals surface area contributed by atoms with Crippen LogP contribution in [-0.4, -0.2) is 47.3 Å². The summed E-state index contributed by atoms with van der Waals surface area (Å²) < 4.78 is 17.1. The lowest BCUT2D eigenvalue weighted by Crippen LogP contribution is -2.45. The molecular weight excluding hydrogens is 288 g/mol. The van der Waals surface area contributed by atoms with Crippen LogP contribution in [0.25, 0.3) is 0 Å². The quantitative estimate of drug-likeness (QED) is 0.789. The van der Waals surface area contributed by atoms with Crippen molar-refractivity contribution in [3.63, 3.8) is 0 Å². The lowest BCUT2D eigenvalue weighted by Gasteiger charge is -2.37. The number of ether oxygens (including phenoxy) is 3. The van der Waals surface area contributed by atoms with E-state index in [4.69, 9.17) is 14.2 Å². The van der Waals surface area contributed by atoms with E-state index in [9.17, 15) is 5.11 Å². The predicted octanol–water partition coefficient (Wildman–Crippen LogP) is 3.20. The maximum atomic E-state index is 9.90. The summed E-state index contributed by atoms with van der Waals surface area (Å²) in [5, 5.41) is 9.90.